The van der Waals surface area contributed by atoms with Crippen molar-refractivity contribution in [2.45, 2.75) is 38.6 Å². The molecule has 4 heteroatoms. The van der Waals surface area contributed by atoms with Gasteiger partial charge in [-0.25, -0.2) is 4.39 Å². The van der Waals surface area contributed by atoms with E-state index in [0.717, 1.165) is 44.6 Å². The van der Waals surface area contributed by atoms with Gasteiger partial charge in [0.05, 0.1) is 11.1 Å². The number of hydrogen-bond acceptors (Lipinski definition) is 2. The van der Waals surface area contributed by atoms with Crippen molar-refractivity contribution in [2.75, 3.05) is 19.8 Å². The summed E-state index contributed by atoms with van der Waals surface area (Å²) >= 11 is 3.37. The Morgan fingerprint density at radius 3 is 3.05 bits per heavy atom. The Labute approximate surface area is 129 Å². The molecule has 1 aromatic rings. The Morgan fingerprint density at radius 1 is 1.50 bits per heavy atom. The van der Waals surface area contributed by atoms with Crippen LogP contribution in [0.25, 0.3) is 0 Å². The summed E-state index contributed by atoms with van der Waals surface area (Å²) in [6.45, 7) is 4.85. The summed E-state index contributed by atoms with van der Waals surface area (Å²) in [4.78, 5) is 0. The van der Waals surface area contributed by atoms with E-state index in [4.69, 9.17) is 4.74 Å². The fourth-order valence-electron chi connectivity index (χ4n) is 2.76. The fourth-order valence-corrected chi connectivity index (χ4v) is 3.19. The third kappa shape index (κ3) is 4.27. The van der Waals surface area contributed by atoms with Gasteiger partial charge in [0.25, 0.3) is 0 Å². The first-order chi connectivity index (χ1) is 9.72. The minimum Gasteiger partial charge on any atom is -0.381 e. The van der Waals surface area contributed by atoms with Crippen LogP contribution >= 0.6 is 15.9 Å². The van der Waals surface area contributed by atoms with Crippen LogP contribution < -0.4 is 5.32 Å². The highest BCUT2D eigenvalue weighted by Crippen LogP contribution is 2.25. The molecular weight excluding hydrogens is 321 g/mol. The third-order valence-corrected chi connectivity index (χ3v) is 4.78. The van der Waals surface area contributed by atoms with Crippen molar-refractivity contribution >= 4 is 15.9 Å². The van der Waals surface area contributed by atoms with Gasteiger partial charge in [0, 0.05) is 12.6 Å². The number of hydrogen-bond donors (Lipinski definition) is 1. The first-order valence-electron chi connectivity index (χ1n) is 7.46. The zero-order valence-corrected chi connectivity index (χ0v) is 13.6. The minimum atomic E-state index is -0.184. The van der Waals surface area contributed by atoms with E-state index in [9.17, 15) is 4.39 Å². The maximum absolute atomic E-state index is 13.6. The Kier molecular flexibility index (Phi) is 6.46. The van der Waals surface area contributed by atoms with Crippen LogP contribution in [0.2, 0.25) is 0 Å². The van der Waals surface area contributed by atoms with Crippen molar-refractivity contribution in [2.24, 2.45) is 5.92 Å². The van der Waals surface area contributed by atoms with Crippen LogP contribution in [-0.4, -0.2) is 25.8 Å². The van der Waals surface area contributed by atoms with Gasteiger partial charge < -0.3 is 10.1 Å². The monoisotopic (exact) mass is 343 g/mol. The average Bonchev–Trinajstić information content (AvgIpc) is 2.48. The van der Waals surface area contributed by atoms with Crippen molar-refractivity contribution in [3.05, 3.63) is 34.1 Å². The number of nitrogens with one attached hydrogen (secondary N) is 1. The van der Waals surface area contributed by atoms with Crippen molar-refractivity contribution in [1.82, 2.24) is 5.32 Å². The molecule has 0 bridgehead atoms. The summed E-state index contributed by atoms with van der Waals surface area (Å²) in [5.41, 5.74) is 1.03. The van der Waals surface area contributed by atoms with Crippen LogP contribution in [0, 0.1) is 11.7 Å². The van der Waals surface area contributed by atoms with Gasteiger partial charge in [-0.15, -0.1) is 0 Å². The zero-order valence-electron chi connectivity index (χ0n) is 12.0. The molecule has 1 aliphatic rings. The lowest BCUT2D eigenvalue weighted by molar-refractivity contribution is 0.0393. The summed E-state index contributed by atoms with van der Waals surface area (Å²) in [6.07, 6.45) is 4.26. The Hall–Kier alpha value is -0.450. The molecule has 1 saturated heterocycles. The second-order valence-corrected chi connectivity index (χ2v) is 6.25. The SMILES string of the molecule is CCCNC(Cc1cccc(F)c1Br)C1CCCOC1. The summed E-state index contributed by atoms with van der Waals surface area (Å²) in [5.74, 6) is 0.335. The van der Waals surface area contributed by atoms with Crippen LogP contribution in [0.1, 0.15) is 31.7 Å². The van der Waals surface area contributed by atoms with Gasteiger partial charge in [0.15, 0.2) is 0 Å². The molecule has 2 unspecified atom stereocenters. The molecule has 0 saturated carbocycles. The van der Waals surface area contributed by atoms with Gasteiger partial charge in [-0.1, -0.05) is 19.1 Å². The van der Waals surface area contributed by atoms with E-state index in [1.54, 1.807) is 6.07 Å². The number of rotatable bonds is 6. The van der Waals surface area contributed by atoms with E-state index in [2.05, 4.69) is 28.2 Å². The van der Waals surface area contributed by atoms with Crippen LogP contribution in [0.4, 0.5) is 4.39 Å². The molecule has 1 N–H and O–H groups in total. The molecule has 1 fully saturated rings. The molecule has 0 amide bonds. The highest BCUT2D eigenvalue weighted by Gasteiger charge is 2.24. The molecule has 0 aliphatic carbocycles. The summed E-state index contributed by atoms with van der Waals surface area (Å²) in [5, 5.41) is 3.61. The van der Waals surface area contributed by atoms with Crippen LogP contribution in [0.3, 0.4) is 0 Å². The normalized spacial score (nSPS) is 20.9. The minimum absolute atomic E-state index is 0.184. The van der Waals surface area contributed by atoms with Crippen molar-refractivity contribution in [3.63, 3.8) is 0 Å². The molecule has 0 aromatic heterocycles. The maximum atomic E-state index is 13.6. The lowest BCUT2D eigenvalue weighted by atomic mass is 9.89. The van der Waals surface area contributed by atoms with E-state index >= 15 is 0 Å². The van der Waals surface area contributed by atoms with E-state index < -0.39 is 0 Å². The fraction of sp³-hybridized carbons (Fsp3) is 0.625. The predicted octanol–water partition coefficient (Wildman–Crippen LogP) is 3.93. The molecule has 1 heterocycles. The van der Waals surface area contributed by atoms with E-state index in [1.807, 2.05) is 6.07 Å². The van der Waals surface area contributed by atoms with E-state index in [1.165, 1.54) is 12.5 Å². The van der Waals surface area contributed by atoms with Gasteiger partial charge in [-0.2, -0.15) is 0 Å². The number of benzene rings is 1. The van der Waals surface area contributed by atoms with Crippen molar-refractivity contribution in [1.29, 1.82) is 0 Å². The highest BCUT2D eigenvalue weighted by atomic mass is 79.9. The van der Waals surface area contributed by atoms with Crippen molar-refractivity contribution in [3.8, 4) is 0 Å². The molecule has 20 heavy (non-hydrogen) atoms. The van der Waals surface area contributed by atoms with Crippen LogP contribution in [0.15, 0.2) is 22.7 Å². The van der Waals surface area contributed by atoms with Crippen LogP contribution in [-0.2, 0) is 11.2 Å². The van der Waals surface area contributed by atoms with Crippen molar-refractivity contribution < 1.29 is 9.13 Å². The molecule has 112 valence electrons. The Morgan fingerprint density at radius 2 is 2.35 bits per heavy atom. The van der Waals surface area contributed by atoms with Gasteiger partial charge in [0.2, 0.25) is 0 Å². The second kappa shape index (κ2) is 8.11. The lowest BCUT2D eigenvalue weighted by Gasteiger charge is -2.31. The second-order valence-electron chi connectivity index (χ2n) is 5.45. The molecule has 0 radical (unpaired) electrons. The number of halogens is 2. The smallest absolute Gasteiger partial charge is 0.137 e. The summed E-state index contributed by atoms with van der Waals surface area (Å²) in [6, 6.07) is 5.63. The molecule has 2 nitrogen and oxygen atoms in total. The molecule has 2 rings (SSSR count). The lowest BCUT2D eigenvalue weighted by Crippen LogP contribution is -2.42. The largest absolute Gasteiger partial charge is 0.381 e. The quantitative estimate of drug-likeness (QED) is 0.844. The van der Waals surface area contributed by atoms with Gasteiger partial charge in [-0.3, -0.25) is 0 Å². The standard InChI is InChI=1S/C16H23BrFNO/c1-2-8-19-15(13-6-4-9-20-11-13)10-12-5-3-7-14(18)16(12)17/h3,5,7,13,15,19H,2,4,6,8-11H2,1H3. The van der Waals surface area contributed by atoms with E-state index in [-0.39, 0.29) is 5.82 Å². The van der Waals surface area contributed by atoms with Gasteiger partial charge in [-0.05, 0) is 65.7 Å². The molecule has 2 atom stereocenters. The molecule has 1 aromatic carbocycles. The predicted molar refractivity (Wildman–Crippen MR) is 83.4 cm³/mol. The maximum Gasteiger partial charge on any atom is 0.137 e. The average molecular weight is 344 g/mol. The molecule has 0 spiro atoms. The van der Waals surface area contributed by atoms with Gasteiger partial charge >= 0.3 is 0 Å². The molecule has 1 aliphatic heterocycles. The zero-order chi connectivity index (χ0) is 14.4. The Balaban J connectivity index is 2.07. The van der Waals surface area contributed by atoms with Gasteiger partial charge in [0.1, 0.15) is 5.82 Å². The topological polar surface area (TPSA) is 21.3 Å². The first kappa shape index (κ1) is 15.9. The first-order valence-corrected chi connectivity index (χ1v) is 8.25. The third-order valence-electron chi connectivity index (χ3n) is 3.89. The van der Waals surface area contributed by atoms with Crippen LogP contribution in [0.5, 0.6) is 0 Å². The molecular formula is C16H23BrFNO. The Bertz CT molecular complexity index is 421. The highest BCUT2D eigenvalue weighted by molar-refractivity contribution is 9.10. The van der Waals surface area contributed by atoms with E-state index in [0.29, 0.717) is 16.4 Å². The summed E-state index contributed by atoms with van der Waals surface area (Å²) in [7, 11) is 0. The number of ether oxygens (including phenoxy) is 1. The summed E-state index contributed by atoms with van der Waals surface area (Å²) < 4.78 is 19.8.